The quantitative estimate of drug-likeness (QED) is 0.590. The van der Waals surface area contributed by atoms with Gasteiger partial charge in [0.15, 0.2) is 5.60 Å². The van der Waals surface area contributed by atoms with Gasteiger partial charge in [0.05, 0.1) is 0 Å². The van der Waals surface area contributed by atoms with Crippen LogP contribution in [-0.2, 0) is 5.54 Å². The molecule has 0 saturated carbocycles. The van der Waals surface area contributed by atoms with Crippen LogP contribution in [0.15, 0.2) is 46.9 Å². The molecular weight excluding hydrogens is 298 g/mol. The molecule has 1 aromatic heterocycles. The van der Waals surface area contributed by atoms with Gasteiger partial charge in [-0.15, -0.1) is 4.57 Å². The molecule has 0 radical (unpaired) electrons. The van der Waals surface area contributed by atoms with Gasteiger partial charge in [-0.25, -0.2) is 0 Å². The Kier molecular flexibility index (Phi) is 3.08. The summed E-state index contributed by atoms with van der Waals surface area (Å²) in [7, 11) is 0. The number of benzene rings is 2. The van der Waals surface area contributed by atoms with E-state index in [9.17, 15) is 0 Å². The number of aryl methyl sites for hydroxylation is 1. The molecule has 1 atom stereocenters. The van der Waals surface area contributed by atoms with E-state index in [1.165, 1.54) is 5.56 Å². The van der Waals surface area contributed by atoms with Crippen LogP contribution in [0.5, 0.6) is 5.75 Å². The van der Waals surface area contributed by atoms with Gasteiger partial charge in [-0.05, 0) is 44.0 Å². The molecule has 0 bridgehead atoms. The van der Waals surface area contributed by atoms with Crippen LogP contribution in [0.2, 0.25) is 0 Å². The Labute approximate surface area is 142 Å². The molecule has 124 valence electrons. The summed E-state index contributed by atoms with van der Waals surface area (Å²) in [6.45, 7) is 11.0. The highest BCUT2D eigenvalue weighted by atomic mass is 16.5. The van der Waals surface area contributed by atoms with Crippen LogP contribution in [0.3, 0.4) is 0 Å². The maximum atomic E-state index is 6.55. The molecule has 24 heavy (non-hydrogen) atoms. The maximum Gasteiger partial charge on any atom is 0.386 e. The van der Waals surface area contributed by atoms with Crippen LogP contribution in [0.4, 0.5) is 0 Å². The number of nitrogens with zero attached hydrogens (tertiary/aromatic N) is 1. The van der Waals surface area contributed by atoms with Gasteiger partial charge in [0.2, 0.25) is 11.1 Å². The van der Waals surface area contributed by atoms with Crippen molar-refractivity contribution in [1.29, 1.82) is 0 Å². The first-order chi connectivity index (χ1) is 11.4. The second kappa shape index (κ2) is 4.85. The van der Waals surface area contributed by atoms with Crippen molar-refractivity contribution in [2.24, 2.45) is 0 Å². The van der Waals surface area contributed by atoms with Gasteiger partial charge in [0.25, 0.3) is 5.52 Å². The average Bonchev–Trinajstić information content (AvgIpc) is 2.90. The lowest BCUT2D eigenvalue weighted by Crippen LogP contribution is -2.66. The monoisotopic (exact) mass is 322 g/mol. The van der Waals surface area contributed by atoms with Crippen molar-refractivity contribution < 1.29 is 13.7 Å². The lowest BCUT2D eigenvalue weighted by atomic mass is 9.81. The minimum atomic E-state index is -0.348. The fourth-order valence-electron chi connectivity index (χ4n) is 3.72. The number of fused-ring (bicyclic) bond motifs is 5. The SMILES string of the molecule is CCC1(C)Oc2ccccc2-c2oc3ccc(C)cc3[n+]2C1(C)C. The standard InChI is InChI=1S/C21H24NO2/c1-6-21(5)20(3,4)22-16-13-14(2)11-12-18(16)23-19(22)15-9-7-8-10-17(15)24-21/h7-13H,6H2,1-5H3/q+1. The number of hydrogen-bond acceptors (Lipinski definition) is 2. The van der Waals surface area contributed by atoms with Gasteiger partial charge in [0.1, 0.15) is 11.3 Å². The topological polar surface area (TPSA) is 26.2 Å². The maximum absolute atomic E-state index is 6.55. The molecule has 1 aliphatic rings. The number of hydrogen-bond donors (Lipinski definition) is 0. The Bertz CT molecular complexity index is 938. The van der Waals surface area contributed by atoms with Gasteiger partial charge in [-0.1, -0.05) is 25.1 Å². The Balaban J connectivity index is 2.17. The van der Waals surface area contributed by atoms with Gasteiger partial charge >= 0.3 is 5.89 Å². The summed E-state index contributed by atoms with van der Waals surface area (Å²) in [5, 5.41) is 0. The second-order valence-electron chi connectivity index (χ2n) is 7.46. The van der Waals surface area contributed by atoms with Crippen LogP contribution in [0, 0.1) is 6.92 Å². The summed E-state index contributed by atoms with van der Waals surface area (Å²) >= 11 is 0. The van der Waals surface area contributed by atoms with E-state index in [0.717, 1.165) is 34.7 Å². The molecule has 4 rings (SSSR count). The van der Waals surface area contributed by atoms with Crippen LogP contribution in [0.25, 0.3) is 22.6 Å². The lowest BCUT2D eigenvalue weighted by molar-refractivity contribution is -0.742. The molecule has 3 aromatic rings. The minimum absolute atomic E-state index is 0.269. The predicted octanol–water partition coefficient (Wildman–Crippen LogP) is 4.99. The first kappa shape index (κ1) is 15.3. The average molecular weight is 322 g/mol. The zero-order chi connectivity index (χ0) is 17.1. The highest BCUT2D eigenvalue weighted by Crippen LogP contribution is 2.43. The fourth-order valence-corrected chi connectivity index (χ4v) is 3.72. The zero-order valence-corrected chi connectivity index (χ0v) is 15.0. The van der Waals surface area contributed by atoms with E-state index in [4.69, 9.17) is 9.15 Å². The van der Waals surface area contributed by atoms with Gasteiger partial charge < -0.3 is 9.15 Å². The molecule has 0 fully saturated rings. The van der Waals surface area contributed by atoms with E-state index in [1.807, 2.05) is 18.2 Å². The lowest BCUT2D eigenvalue weighted by Gasteiger charge is -2.37. The first-order valence-electron chi connectivity index (χ1n) is 8.61. The van der Waals surface area contributed by atoms with Crippen molar-refractivity contribution in [3.63, 3.8) is 0 Å². The van der Waals surface area contributed by atoms with Crippen molar-refractivity contribution in [1.82, 2.24) is 0 Å². The van der Waals surface area contributed by atoms with Crippen LogP contribution in [-0.4, -0.2) is 5.60 Å². The fraction of sp³-hybridized carbons (Fsp3) is 0.381. The summed E-state index contributed by atoms with van der Waals surface area (Å²) < 4.78 is 15.2. The third-order valence-corrected chi connectivity index (χ3v) is 5.75. The van der Waals surface area contributed by atoms with Crippen LogP contribution >= 0.6 is 0 Å². The van der Waals surface area contributed by atoms with Crippen LogP contribution < -0.4 is 9.30 Å². The van der Waals surface area contributed by atoms with Crippen molar-refractivity contribution in [2.45, 2.75) is 52.2 Å². The molecule has 1 aliphatic heterocycles. The minimum Gasteiger partial charge on any atom is -0.479 e. The van der Waals surface area contributed by atoms with E-state index in [1.54, 1.807) is 0 Å². The molecule has 0 spiro atoms. The number of oxazole rings is 1. The molecular formula is C21H24NO2+. The molecule has 0 amide bonds. The molecule has 2 aromatic carbocycles. The summed E-state index contributed by atoms with van der Waals surface area (Å²) in [6.07, 6.45) is 0.902. The summed E-state index contributed by atoms with van der Waals surface area (Å²) in [6, 6.07) is 14.5. The summed E-state index contributed by atoms with van der Waals surface area (Å²) in [5.41, 5.74) is 3.66. The second-order valence-corrected chi connectivity index (χ2v) is 7.46. The molecule has 0 saturated heterocycles. The van der Waals surface area contributed by atoms with Gasteiger partial charge in [-0.3, -0.25) is 0 Å². The van der Waals surface area contributed by atoms with Crippen molar-refractivity contribution in [3.8, 4) is 17.2 Å². The largest absolute Gasteiger partial charge is 0.479 e. The highest BCUT2D eigenvalue weighted by molar-refractivity contribution is 5.74. The van der Waals surface area contributed by atoms with E-state index < -0.39 is 0 Å². The smallest absolute Gasteiger partial charge is 0.386 e. The predicted molar refractivity (Wildman–Crippen MR) is 95.2 cm³/mol. The first-order valence-corrected chi connectivity index (χ1v) is 8.61. The van der Waals surface area contributed by atoms with E-state index in [0.29, 0.717) is 0 Å². The Hall–Kier alpha value is -2.29. The Morgan fingerprint density at radius 3 is 2.54 bits per heavy atom. The Morgan fingerprint density at radius 1 is 1.04 bits per heavy atom. The number of aromatic nitrogens is 1. The normalized spacial score (nSPS) is 21.7. The van der Waals surface area contributed by atoms with E-state index >= 15 is 0 Å². The number of ether oxygens (including phenoxy) is 1. The third-order valence-electron chi connectivity index (χ3n) is 5.75. The van der Waals surface area contributed by atoms with E-state index in [-0.39, 0.29) is 11.1 Å². The molecule has 0 N–H and O–H groups in total. The molecule has 2 heterocycles. The van der Waals surface area contributed by atoms with Gasteiger partial charge in [0, 0.05) is 19.9 Å². The van der Waals surface area contributed by atoms with Crippen molar-refractivity contribution in [3.05, 3.63) is 48.0 Å². The number of para-hydroxylation sites is 1. The Morgan fingerprint density at radius 2 is 1.79 bits per heavy atom. The van der Waals surface area contributed by atoms with Crippen molar-refractivity contribution in [2.75, 3.05) is 0 Å². The summed E-state index contributed by atoms with van der Waals surface area (Å²) in [5.74, 6) is 1.75. The number of rotatable bonds is 1. The van der Waals surface area contributed by atoms with E-state index in [2.05, 4.69) is 63.5 Å². The summed E-state index contributed by atoms with van der Waals surface area (Å²) in [4.78, 5) is 0. The van der Waals surface area contributed by atoms with Crippen LogP contribution in [0.1, 0.15) is 39.7 Å². The highest BCUT2D eigenvalue weighted by Gasteiger charge is 2.55. The molecule has 0 aliphatic carbocycles. The van der Waals surface area contributed by atoms with Gasteiger partial charge in [-0.2, -0.15) is 0 Å². The zero-order valence-electron chi connectivity index (χ0n) is 15.0. The molecule has 3 nitrogen and oxygen atoms in total. The third kappa shape index (κ3) is 1.87. The molecule has 1 unspecified atom stereocenters. The van der Waals surface area contributed by atoms with Crippen molar-refractivity contribution >= 4 is 11.1 Å². The molecule has 3 heteroatoms.